The summed E-state index contributed by atoms with van der Waals surface area (Å²) in [6, 6.07) is 5.67. The number of imidazole rings is 1. The maximum absolute atomic E-state index is 14.5. The molecule has 2 heterocycles. The van der Waals surface area contributed by atoms with Gasteiger partial charge in [0.2, 0.25) is 11.8 Å². The van der Waals surface area contributed by atoms with Crippen LogP contribution in [0.25, 0.3) is 11.0 Å². The van der Waals surface area contributed by atoms with Gasteiger partial charge in [0.15, 0.2) is 0 Å². The molecule has 0 saturated heterocycles. The van der Waals surface area contributed by atoms with Crippen molar-refractivity contribution < 1.29 is 32.7 Å². The fourth-order valence-electron chi connectivity index (χ4n) is 4.31. The minimum atomic E-state index is -1.46. The predicted molar refractivity (Wildman–Crippen MR) is 153 cm³/mol. The summed E-state index contributed by atoms with van der Waals surface area (Å²) in [5.41, 5.74) is -0.181. The molecule has 0 spiro atoms. The van der Waals surface area contributed by atoms with E-state index in [1.54, 1.807) is 18.7 Å². The molecule has 15 heteroatoms. The lowest BCUT2D eigenvalue weighted by atomic mass is 10.1. The number of allylic oxidation sites excluding steroid dienone is 1. The third-order valence-electron chi connectivity index (χ3n) is 6.54. The third-order valence-corrected chi connectivity index (χ3v) is 6.54. The molecule has 0 aliphatic rings. The Morgan fingerprint density at radius 3 is 2.50 bits per heavy atom. The average molecular weight is 612 g/mol. The number of nitrogens with one attached hydrogen (secondary N) is 2. The minimum Gasteiger partial charge on any atom is -0.465 e. The number of carbonyl (C=O) groups excluding carboxylic acids is 2. The van der Waals surface area contributed by atoms with Crippen LogP contribution in [0.3, 0.4) is 0 Å². The van der Waals surface area contributed by atoms with E-state index in [9.17, 15) is 37.5 Å². The van der Waals surface area contributed by atoms with Crippen molar-refractivity contribution in [3.63, 3.8) is 0 Å². The lowest BCUT2D eigenvalue weighted by molar-refractivity contribution is -0.123. The Hall–Kier alpha value is -5.47. The maximum atomic E-state index is 14.5. The minimum absolute atomic E-state index is 0.00960. The fourth-order valence-corrected chi connectivity index (χ4v) is 4.31. The summed E-state index contributed by atoms with van der Waals surface area (Å²) in [6.07, 6.45) is 3.78. The van der Waals surface area contributed by atoms with Gasteiger partial charge in [0.1, 0.15) is 35.0 Å². The number of nitrogens with zero attached hydrogens (tertiary/aromatic N) is 5. The van der Waals surface area contributed by atoms with Crippen LogP contribution in [0.5, 0.6) is 0 Å². The molecule has 12 nitrogen and oxygen atoms in total. The van der Waals surface area contributed by atoms with Gasteiger partial charge in [0.05, 0.1) is 36.6 Å². The lowest BCUT2D eigenvalue weighted by Gasteiger charge is -2.16. The molecule has 0 aliphatic heterocycles. The van der Waals surface area contributed by atoms with Crippen molar-refractivity contribution in [1.29, 1.82) is 0 Å². The number of carbonyl (C=O) groups is 3. The van der Waals surface area contributed by atoms with Gasteiger partial charge in [-0.25, -0.2) is 27.9 Å². The van der Waals surface area contributed by atoms with Crippen LogP contribution in [0.4, 0.5) is 23.7 Å². The number of benzene rings is 2. The normalized spacial score (nSPS) is 11.9. The summed E-state index contributed by atoms with van der Waals surface area (Å²) in [5, 5.41) is 13.7. The molecule has 0 aliphatic carbocycles. The van der Waals surface area contributed by atoms with E-state index in [1.807, 2.05) is 0 Å². The highest BCUT2D eigenvalue weighted by Crippen LogP contribution is 2.21. The molecule has 230 valence electrons. The number of likely N-dealkylation sites (N-methyl/N-ethyl adjacent to an activating group) is 1. The first-order chi connectivity index (χ1) is 20.9. The van der Waals surface area contributed by atoms with Crippen LogP contribution in [0.1, 0.15) is 24.2 Å². The Labute approximate surface area is 248 Å². The first-order valence-electron chi connectivity index (χ1n) is 13.2. The summed E-state index contributed by atoms with van der Waals surface area (Å²) < 4.78 is 44.6. The Morgan fingerprint density at radius 2 is 1.80 bits per heavy atom. The number of halogens is 3. The Balaban J connectivity index is 1.58. The standard InChI is InChI=1S/C29H28F3N7O5/c1-37(2)26(40)6-4-3-5-21(36-29(43)44)27(41)35-23-13-33-16-38(28(23)42)15-25-34-22-12-19(31)9-10-24(22)39(25)14-17-7-8-18(30)11-20(17)32/h4,6-13,16,21,36H,3,5,14-15H2,1-2H3,(H,35,41)(H,43,44). The molecule has 1 atom stereocenters. The Morgan fingerprint density at radius 1 is 1.07 bits per heavy atom. The van der Waals surface area contributed by atoms with E-state index in [2.05, 4.69) is 20.6 Å². The first-order valence-corrected chi connectivity index (χ1v) is 13.2. The number of anilines is 1. The summed E-state index contributed by atoms with van der Waals surface area (Å²) in [7, 11) is 3.13. The summed E-state index contributed by atoms with van der Waals surface area (Å²) in [5.74, 6) is -3.01. The van der Waals surface area contributed by atoms with Gasteiger partial charge in [-0.15, -0.1) is 0 Å². The largest absolute Gasteiger partial charge is 0.465 e. The summed E-state index contributed by atoms with van der Waals surface area (Å²) >= 11 is 0. The van der Waals surface area contributed by atoms with Crippen LogP contribution in [-0.2, 0) is 22.7 Å². The molecule has 4 aromatic rings. The molecule has 0 fully saturated rings. The van der Waals surface area contributed by atoms with E-state index in [1.165, 1.54) is 47.6 Å². The fraction of sp³-hybridized carbons (Fsp3) is 0.241. The number of carboxylic acid groups (broad SMARTS) is 1. The second-order valence-electron chi connectivity index (χ2n) is 9.93. The highest BCUT2D eigenvalue weighted by molar-refractivity contribution is 5.96. The number of aromatic nitrogens is 4. The van der Waals surface area contributed by atoms with Gasteiger partial charge in [-0.05, 0) is 37.1 Å². The SMILES string of the molecule is CN(C)C(=O)C=CCCC(NC(=O)O)C(=O)Nc1cncn(Cc2nc3cc(F)ccc3n2Cc2ccc(F)cc2F)c1=O. The molecule has 0 bridgehead atoms. The van der Waals surface area contributed by atoms with E-state index in [-0.39, 0.29) is 54.4 Å². The van der Waals surface area contributed by atoms with Gasteiger partial charge in [0, 0.05) is 31.8 Å². The molecule has 3 N–H and O–H groups in total. The topological polar surface area (TPSA) is 151 Å². The molecular weight excluding hydrogens is 583 g/mol. The predicted octanol–water partition coefficient (Wildman–Crippen LogP) is 3.11. The van der Waals surface area contributed by atoms with Gasteiger partial charge in [0.25, 0.3) is 5.56 Å². The van der Waals surface area contributed by atoms with Gasteiger partial charge >= 0.3 is 6.09 Å². The highest BCUT2D eigenvalue weighted by atomic mass is 19.1. The smallest absolute Gasteiger partial charge is 0.405 e. The second-order valence-corrected chi connectivity index (χ2v) is 9.93. The van der Waals surface area contributed by atoms with Crippen molar-refractivity contribution in [2.45, 2.75) is 32.0 Å². The molecule has 0 saturated carbocycles. The van der Waals surface area contributed by atoms with Crippen LogP contribution in [0, 0.1) is 17.5 Å². The molecule has 3 amide bonds. The van der Waals surface area contributed by atoms with Crippen molar-refractivity contribution in [3.05, 3.63) is 100 Å². The quantitative estimate of drug-likeness (QED) is 0.221. The van der Waals surface area contributed by atoms with E-state index in [0.29, 0.717) is 5.52 Å². The molecule has 44 heavy (non-hydrogen) atoms. The van der Waals surface area contributed by atoms with Gasteiger partial charge in [-0.3, -0.25) is 19.0 Å². The molecule has 0 radical (unpaired) electrons. The third kappa shape index (κ3) is 7.67. The van der Waals surface area contributed by atoms with Crippen molar-refractivity contribution in [2.24, 2.45) is 0 Å². The average Bonchev–Trinajstić information content (AvgIpc) is 3.28. The van der Waals surface area contributed by atoms with Gasteiger partial charge < -0.3 is 25.2 Å². The van der Waals surface area contributed by atoms with Crippen molar-refractivity contribution >= 4 is 34.6 Å². The second kappa shape index (κ2) is 13.7. The number of hydrogen-bond donors (Lipinski definition) is 3. The zero-order chi connectivity index (χ0) is 32.0. The van der Waals surface area contributed by atoms with E-state index >= 15 is 0 Å². The van der Waals surface area contributed by atoms with Gasteiger partial charge in [-0.2, -0.15) is 0 Å². The molecule has 2 aromatic carbocycles. The van der Waals surface area contributed by atoms with E-state index < -0.39 is 41.1 Å². The number of hydrogen-bond acceptors (Lipinski definition) is 6. The van der Waals surface area contributed by atoms with Crippen molar-refractivity contribution in [3.8, 4) is 0 Å². The van der Waals surface area contributed by atoms with Crippen LogP contribution < -0.4 is 16.2 Å². The number of amides is 3. The van der Waals surface area contributed by atoms with E-state index in [4.69, 9.17) is 0 Å². The molecule has 4 rings (SSSR count). The van der Waals surface area contributed by atoms with E-state index in [0.717, 1.165) is 22.9 Å². The van der Waals surface area contributed by atoms with Crippen LogP contribution in [0.2, 0.25) is 0 Å². The molecular formula is C29H28F3N7O5. The maximum Gasteiger partial charge on any atom is 0.405 e. The zero-order valence-electron chi connectivity index (χ0n) is 23.6. The molecule has 1 unspecified atom stereocenters. The first kappa shape index (κ1) is 31.5. The number of rotatable bonds is 11. The zero-order valence-corrected chi connectivity index (χ0v) is 23.6. The van der Waals surface area contributed by atoms with Crippen LogP contribution >= 0.6 is 0 Å². The number of fused-ring (bicyclic) bond motifs is 1. The van der Waals surface area contributed by atoms with Crippen LogP contribution in [0.15, 0.2) is 65.9 Å². The van der Waals surface area contributed by atoms with Gasteiger partial charge in [-0.1, -0.05) is 12.1 Å². The molecule has 2 aromatic heterocycles. The van der Waals surface area contributed by atoms with Crippen molar-refractivity contribution in [2.75, 3.05) is 19.4 Å². The Bertz CT molecular complexity index is 1800. The van der Waals surface area contributed by atoms with Crippen molar-refractivity contribution in [1.82, 2.24) is 29.3 Å². The Kier molecular flexibility index (Phi) is 9.77. The summed E-state index contributed by atoms with van der Waals surface area (Å²) in [4.78, 5) is 59.0. The lowest BCUT2D eigenvalue weighted by Crippen LogP contribution is -2.44. The monoisotopic (exact) mass is 611 g/mol. The van der Waals surface area contributed by atoms with Crippen LogP contribution in [-0.4, -0.2) is 67.2 Å². The highest BCUT2D eigenvalue weighted by Gasteiger charge is 2.22. The summed E-state index contributed by atoms with van der Waals surface area (Å²) in [6.45, 7) is -0.338.